The molecular formula is C17H17ClN2O3S. The Balaban J connectivity index is 2.04. The van der Waals surface area contributed by atoms with Gasteiger partial charge >= 0.3 is 0 Å². The third-order valence-corrected chi connectivity index (χ3v) is 5.84. The summed E-state index contributed by atoms with van der Waals surface area (Å²) in [5.74, 6) is -0.291. The molecule has 0 radical (unpaired) electrons. The maximum Gasteiger partial charge on any atom is 0.259 e. The first-order valence-corrected chi connectivity index (χ1v) is 9.43. The minimum atomic E-state index is -3.64. The molecule has 1 aliphatic rings. The Kier molecular flexibility index (Phi) is 4.62. The number of nitrogens with zero attached hydrogens (tertiary/aromatic N) is 1. The highest BCUT2D eigenvalue weighted by molar-refractivity contribution is 7.89. The van der Waals surface area contributed by atoms with Crippen molar-refractivity contribution >= 4 is 33.2 Å². The van der Waals surface area contributed by atoms with E-state index in [0.717, 1.165) is 24.1 Å². The van der Waals surface area contributed by atoms with Crippen molar-refractivity contribution in [1.82, 2.24) is 4.72 Å². The van der Waals surface area contributed by atoms with Crippen molar-refractivity contribution in [2.75, 3.05) is 18.5 Å². The normalized spacial score (nSPS) is 14.3. The van der Waals surface area contributed by atoms with Crippen LogP contribution in [0.1, 0.15) is 22.3 Å². The Hall–Kier alpha value is -1.89. The predicted molar refractivity (Wildman–Crippen MR) is 94.1 cm³/mol. The summed E-state index contributed by atoms with van der Waals surface area (Å²) < 4.78 is 26.2. The SMILES string of the molecule is CNS(=O)(=O)c1ccc(Cl)c(C(=O)N2CCCc3ccccc32)c1. The zero-order chi connectivity index (χ0) is 17.3. The highest BCUT2D eigenvalue weighted by atomic mass is 35.5. The Morgan fingerprint density at radius 2 is 1.96 bits per heavy atom. The lowest BCUT2D eigenvalue weighted by molar-refractivity contribution is 0.0985. The molecule has 0 spiro atoms. The summed E-state index contributed by atoms with van der Waals surface area (Å²) in [5.41, 5.74) is 2.14. The largest absolute Gasteiger partial charge is 0.308 e. The molecule has 24 heavy (non-hydrogen) atoms. The van der Waals surface area contributed by atoms with Crippen LogP contribution in [0, 0.1) is 0 Å². The van der Waals surface area contributed by atoms with Crippen LogP contribution in [0.3, 0.4) is 0 Å². The van der Waals surface area contributed by atoms with Crippen molar-refractivity contribution in [1.29, 1.82) is 0 Å². The van der Waals surface area contributed by atoms with Crippen LogP contribution in [0.4, 0.5) is 5.69 Å². The van der Waals surface area contributed by atoms with E-state index in [1.165, 1.54) is 25.2 Å². The lowest BCUT2D eigenvalue weighted by Gasteiger charge is -2.29. The predicted octanol–water partition coefficient (Wildman–Crippen LogP) is 2.84. The topological polar surface area (TPSA) is 66.5 Å². The van der Waals surface area contributed by atoms with Gasteiger partial charge in [0.2, 0.25) is 10.0 Å². The third-order valence-electron chi connectivity index (χ3n) is 4.10. The molecule has 3 rings (SSSR count). The van der Waals surface area contributed by atoms with E-state index in [9.17, 15) is 13.2 Å². The van der Waals surface area contributed by atoms with Crippen LogP contribution in [0.2, 0.25) is 5.02 Å². The zero-order valence-corrected chi connectivity index (χ0v) is 14.7. The average Bonchev–Trinajstić information content (AvgIpc) is 2.61. The number of carbonyl (C=O) groups excluding carboxylic acids is 1. The molecule has 5 nitrogen and oxygen atoms in total. The van der Waals surface area contributed by atoms with Gasteiger partial charge in [-0.3, -0.25) is 4.79 Å². The molecule has 1 heterocycles. The van der Waals surface area contributed by atoms with E-state index in [1.807, 2.05) is 24.3 Å². The molecule has 0 fully saturated rings. The number of halogens is 1. The first-order chi connectivity index (χ1) is 11.4. The molecule has 126 valence electrons. The number of anilines is 1. The lowest BCUT2D eigenvalue weighted by atomic mass is 10.0. The maximum absolute atomic E-state index is 13.0. The summed E-state index contributed by atoms with van der Waals surface area (Å²) in [4.78, 5) is 14.7. The number of rotatable bonds is 3. The molecule has 0 aliphatic carbocycles. The summed E-state index contributed by atoms with van der Waals surface area (Å²) >= 11 is 6.17. The number of aryl methyl sites for hydroxylation is 1. The molecular weight excluding hydrogens is 348 g/mol. The van der Waals surface area contributed by atoms with Crippen molar-refractivity contribution in [2.45, 2.75) is 17.7 Å². The second-order valence-electron chi connectivity index (χ2n) is 5.54. The summed E-state index contributed by atoms with van der Waals surface area (Å²) in [5, 5.41) is 0.234. The van der Waals surface area contributed by atoms with E-state index in [0.29, 0.717) is 6.54 Å². The number of para-hydroxylation sites is 1. The van der Waals surface area contributed by atoms with Crippen LogP contribution in [-0.4, -0.2) is 27.9 Å². The number of fused-ring (bicyclic) bond motifs is 1. The molecule has 0 aromatic heterocycles. The van der Waals surface area contributed by atoms with E-state index in [1.54, 1.807) is 4.90 Å². The Labute approximate surface area is 146 Å². The second-order valence-corrected chi connectivity index (χ2v) is 7.83. The quantitative estimate of drug-likeness (QED) is 0.910. The van der Waals surface area contributed by atoms with Crippen LogP contribution in [0.15, 0.2) is 47.4 Å². The van der Waals surface area contributed by atoms with Crippen LogP contribution in [0.5, 0.6) is 0 Å². The molecule has 2 aromatic rings. The number of hydrogen-bond donors (Lipinski definition) is 1. The number of carbonyl (C=O) groups is 1. The van der Waals surface area contributed by atoms with E-state index < -0.39 is 10.0 Å². The van der Waals surface area contributed by atoms with Crippen molar-refractivity contribution in [3.8, 4) is 0 Å². The van der Waals surface area contributed by atoms with Gasteiger partial charge in [-0.15, -0.1) is 0 Å². The molecule has 0 bridgehead atoms. The molecule has 0 saturated carbocycles. The van der Waals surface area contributed by atoms with E-state index in [2.05, 4.69) is 4.72 Å². The average molecular weight is 365 g/mol. The fourth-order valence-corrected chi connectivity index (χ4v) is 3.80. The van der Waals surface area contributed by atoms with Gasteiger partial charge in [0, 0.05) is 12.2 Å². The van der Waals surface area contributed by atoms with Gasteiger partial charge in [-0.2, -0.15) is 0 Å². The highest BCUT2D eigenvalue weighted by Crippen LogP contribution is 2.30. The molecule has 1 N–H and O–H groups in total. The lowest BCUT2D eigenvalue weighted by Crippen LogP contribution is -2.35. The van der Waals surface area contributed by atoms with Crippen LogP contribution < -0.4 is 9.62 Å². The van der Waals surface area contributed by atoms with E-state index in [-0.39, 0.29) is 21.4 Å². The maximum atomic E-state index is 13.0. The fourth-order valence-electron chi connectivity index (χ4n) is 2.84. The van der Waals surface area contributed by atoms with Gasteiger partial charge in [0.1, 0.15) is 0 Å². The molecule has 0 atom stereocenters. The van der Waals surface area contributed by atoms with Crippen LogP contribution >= 0.6 is 11.6 Å². The van der Waals surface area contributed by atoms with Gasteiger partial charge in [-0.1, -0.05) is 29.8 Å². The zero-order valence-electron chi connectivity index (χ0n) is 13.1. The van der Waals surface area contributed by atoms with Gasteiger partial charge in [-0.25, -0.2) is 13.1 Å². The summed E-state index contributed by atoms with van der Waals surface area (Å²) in [7, 11) is -2.32. The van der Waals surface area contributed by atoms with Gasteiger partial charge < -0.3 is 4.90 Å². The van der Waals surface area contributed by atoms with E-state index >= 15 is 0 Å². The molecule has 0 unspecified atom stereocenters. The van der Waals surface area contributed by atoms with Gasteiger partial charge in [0.25, 0.3) is 5.91 Å². The summed E-state index contributed by atoms with van der Waals surface area (Å²) in [6.45, 7) is 0.579. The minimum Gasteiger partial charge on any atom is -0.308 e. The van der Waals surface area contributed by atoms with Crippen LogP contribution in [0.25, 0.3) is 0 Å². The van der Waals surface area contributed by atoms with Crippen molar-refractivity contribution in [3.05, 3.63) is 58.6 Å². The highest BCUT2D eigenvalue weighted by Gasteiger charge is 2.26. The minimum absolute atomic E-state index is 0.0167. The van der Waals surface area contributed by atoms with Gasteiger partial charge in [-0.05, 0) is 49.7 Å². The molecule has 1 aliphatic heterocycles. The standard InChI is InChI=1S/C17H17ClN2O3S/c1-19-24(22,23)13-8-9-15(18)14(11-13)17(21)20-10-4-6-12-5-2-3-7-16(12)20/h2-3,5,7-9,11,19H,4,6,10H2,1H3. The molecule has 0 saturated heterocycles. The first kappa shape index (κ1) is 17.0. The van der Waals surface area contributed by atoms with Crippen LogP contribution in [-0.2, 0) is 16.4 Å². The smallest absolute Gasteiger partial charge is 0.259 e. The fraction of sp³-hybridized carbons (Fsp3) is 0.235. The number of benzene rings is 2. The number of sulfonamides is 1. The van der Waals surface area contributed by atoms with Gasteiger partial charge in [0.05, 0.1) is 15.5 Å². The summed E-state index contributed by atoms with van der Waals surface area (Å²) in [6, 6.07) is 11.9. The van der Waals surface area contributed by atoms with E-state index in [4.69, 9.17) is 11.6 Å². The number of amides is 1. The Morgan fingerprint density at radius 1 is 1.21 bits per heavy atom. The Morgan fingerprint density at radius 3 is 2.71 bits per heavy atom. The molecule has 2 aromatic carbocycles. The van der Waals surface area contributed by atoms with Gasteiger partial charge in [0.15, 0.2) is 0 Å². The molecule has 7 heteroatoms. The van der Waals surface area contributed by atoms with Crippen molar-refractivity contribution in [3.63, 3.8) is 0 Å². The molecule has 1 amide bonds. The monoisotopic (exact) mass is 364 g/mol. The second kappa shape index (κ2) is 6.55. The third kappa shape index (κ3) is 3.05. The van der Waals surface area contributed by atoms with Crippen molar-refractivity contribution < 1.29 is 13.2 Å². The first-order valence-electron chi connectivity index (χ1n) is 7.57. The number of nitrogens with one attached hydrogen (secondary N) is 1. The Bertz CT molecular complexity index is 896. The number of hydrogen-bond acceptors (Lipinski definition) is 3. The summed E-state index contributed by atoms with van der Waals surface area (Å²) in [6.07, 6.45) is 1.77. The van der Waals surface area contributed by atoms with Crippen molar-refractivity contribution in [2.24, 2.45) is 0 Å².